The molecule has 2 atom stereocenters. The van der Waals surface area contributed by atoms with Gasteiger partial charge in [0.1, 0.15) is 12.1 Å². The molecule has 1 fully saturated rings. The van der Waals surface area contributed by atoms with Crippen molar-refractivity contribution < 1.29 is 28.7 Å². The minimum Gasteiger partial charge on any atom is -0.466 e. The lowest BCUT2D eigenvalue weighted by Gasteiger charge is -2.39. The molecule has 0 unspecified atom stereocenters. The summed E-state index contributed by atoms with van der Waals surface area (Å²) in [5.41, 5.74) is 0.537. The molecule has 0 radical (unpaired) electrons. The number of carbonyl (C=O) groups excluding carboxylic acids is 4. The average molecular weight is 476 g/mol. The highest BCUT2D eigenvalue weighted by Gasteiger charge is 2.54. The number of esters is 2. The molecule has 7 nitrogen and oxygen atoms in total. The average Bonchev–Trinajstić information content (AvgIpc) is 3.28. The van der Waals surface area contributed by atoms with Gasteiger partial charge in [-0.05, 0) is 12.8 Å². The molecule has 0 N–H and O–H groups in total. The minimum atomic E-state index is -1.14. The first-order valence-corrected chi connectivity index (χ1v) is 11.9. The molecule has 182 valence electrons. The van der Waals surface area contributed by atoms with E-state index in [1.807, 2.05) is 0 Å². The van der Waals surface area contributed by atoms with Gasteiger partial charge < -0.3 is 9.47 Å². The van der Waals surface area contributed by atoms with Gasteiger partial charge in [0.25, 0.3) is 0 Å². The normalized spacial score (nSPS) is 21.0. The van der Waals surface area contributed by atoms with Crippen molar-refractivity contribution in [1.29, 1.82) is 0 Å². The predicted molar refractivity (Wildman–Crippen MR) is 129 cm³/mol. The summed E-state index contributed by atoms with van der Waals surface area (Å²) < 4.78 is 10.1. The van der Waals surface area contributed by atoms with E-state index < -0.39 is 24.0 Å². The third-order valence-corrected chi connectivity index (χ3v) is 6.85. The number of ketones is 2. The lowest BCUT2D eigenvalue weighted by atomic mass is 9.90. The van der Waals surface area contributed by atoms with Gasteiger partial charge in [-0.3, -0.25) is 14.5 Å². The fourth-order valence-electron chi connectivity index (χ4n) is 5.26. The molecular weight excluding hydrogens is 446 g/mol. The summed E-state index contributed by atoms with van der Waals surface area (Å²) in [6, 6.07) is 14.8. The summed E-state index contributed by atoms with van der Waals surface area (Å²) in [6.07, 6.45) is 4.42. The van der Waals surface area contributed by atoms with Crippen molar-refractivity contribution >= 4 is 23.5 Å². The third kappa shape index (κ3) is 4.68. The summed E-state index contributed by atoms with van der Waals surface area (Å²) >= 11 is 0. The minimum absolute atomic E-state index is 0.118. The highest BCUT2D eigenvalue weighted by atomic mass is 16.5. The number of carbonyl (C=O) groups is 4. The number of Topliss-reactive ketones (excluding diaryl/α,β-unsaturated/α-hetero) is 2. The molecule has 0 saturated heterocycles. The van der Waals surface area contributed by atoms with Crippen LogP contribution in [0, 0.1) is 0 Å². The summed E-state index contributed by atoms with van der Waals surface area (Å²) in [5, 5.41) is 0. The number of ether oxygens (including phenoxy) is 2. The third-order valence-electron chi connectivity index (χ3n) is 6.85. The Morgan fingerprint density at radius 3 is 1.43 bits per heavy atom. The van der Waals surface area contributed by atoms with Gasteiger partial charge >= 0.3 is 11.9 Å². The first-order chi connectivity index (χ1) is 17.0. The van der Waals surface area contributed by atoms with Crippen molar-refractivity contribution in [3.05, 3.63) is 82.9 Å². The van der Waals surface area contributed by atoms with Crippen LogP contribution >= 0.6 is 0 Å². The highest BCUT2D eigenvalue weighted by Crippen LogP contribution is 2.40. The second kappa shape index (κ2) is 10.8. The zero-order valence-corrected chi connectivity index (χ0v) is 19.9. The van der Waals surface area contributed by atoms with Gasteiger partial charge in [-0.1, -0.05) is 79.9 Å². The maximum Gasteiger partial charge on any atom is 0.336 e. The lowest BCUT2D eigenvalue weighted by molar-refractivity contribution is -0.139. The lowest BCUT2D eigenvalue weighted by Crippen LogP contribution is -2.53. The smallest absolute Gasteiger partial charge is 0.336 e. The number of methoxy groups -OCH3 is 2. The molecule has 0 bridgehead atoms. The molecule has 0 spiro atoms. The standard InChI is InChI=1S/C28H29NO6/c1-34-27(32)21-22(28(33)35-2)24(26(31)19-14-8-4-9-15-19)29(20-16-10-5-11-17-20)23(21)25(30)18-12-6-3-7-13-18/h3-4,6-9,12-15,20,23-24H,5,10-11,16-17H2,1-2H3/t23-,24-/m1/s1. The molecule has 1 aliphatic carbocycles. The number of nitrogens with zero attached hydrogens (tertiary/aromatic N) is 1. The Morgan fingerprint density at radius 1 is 0.657 bits per heavy atom. The van der Waals surface area contributed by atoms with Crippen LogP contribution < -0.4 is 0 Å². The van der Waals surface area contributed by atoms with E-state index in [4.69, 9.17) is 9.47 Å². The van der Waals surface area contributed by atoms with Crippen molar-refractivity contribution in [2.75, 3.05) is 14.2 Å². The van der Waals surface area contributed by atoms with Crippen LogP contribution in [0.4, 0.5) is 0 Å². The van der Waals surface area contributed by atoms with Crippen molar-refractivity contribution in [2.45, 2.75) is 50.2 Å². The second-order valence-corrected chi connectivity index (χ2v) is 8.82. The van der Waals surface area contributed by atoms with Gasteiger partial charge in [-0.15, -0.1) is 0 Å². The predicted octanol–water partition coefficient (Wildman–Crippen LogP) is 3.78. The Bertz CT molecular complexity index is 1050. The van der Waals surface area contributed by atoms with Crippen molar-refractivity contribution in [3.8, 4) is 0 Å². The Labute approximate surface area is 204 Å². The van der Waals surface area contributed by atoms with Gasteiger partial charge in [0.15, 0.2) is 11.6 Å². The number of hydrogen-bond acceptors (Lipinski definition) is 7. The van der Waals surface area contributed by atoms with Crippen LogP contribution in [-0.2, 0) is 19.1 Å². The molecule has 35 heavy (non-hydrogen) atoms. The molecule has 1 aliphatic heterocycles. The Morgan fingerprint density at radius 2 is 1.06 bits per heavy atom. The summed E-state index contributed by atoms with van der Waals surface area (Å²) in [6.45, 7) is 0. The van der Waals surface area contributed by atoms with Crippen LogP contribution in [0.5, 0.6) is 0 Å². The molecule has 0 aromatic heterocycles. The van der Waals surface area contributed by atoms with Gasteiger partial charge in [-0.25, -0.2) is 9.59 Å². The molecule has 2 aromatic rings. The van der Waals surface area contributed by atoms with Crippen LogP contribution in [-0.4, -0.2) is 60.8 Å². The first kappa shape index (κ1) is 24.5. The largest absolute Gasteiger partial charge is 0.466 e. The van der Waals surface area contributed by atoms with Gasteiger partial charge in [-0.2, -0.15) is 0 Å². The van der Waals surface area contributed by atoms with E-state index in [9.17, 15) is 19.2 Å². The molecule has 1 saturated carbocycles. The quantitative estimate of drug-likeness (QED) is 0.445. The van der Waals surface area contributed by atoms with Crippen LogP contribution in [0.25, 0.3) is 0 Å². The molecule has 4 rings (SSSR count). The van der Waals surface area contributed by atoms with Crippen LogP contribution in [0.2, 0.25) is 0 Å². The maximum atomic E-state index is 13.9. The molecular formula is C28H29NO6. The van der Waals surface area contributed by atoms with Crippen LogP contribution in [0.1, 0.15) is 52.8 Å². The summed E-state index contributed by atoms with van der Waals surface area (Å²) in [5.74, 6) is -2.35. The van der Waals surface area contributed by atoms with Crippen molar-refractivity contribution in [2.24, 2.45) is 0 Å². The van der Waals surface area contributed by atoms with E-state index in [1.165, 1.54) is 14.2 Å². The first-order valence-electron chi connectivity index (χ1n) is 11.9. The molecule has 7 heteroatoms. The fraction of sp³-hybridized carbons (Fsp3) is 0.357. The Balaban J connectivity index is 1.95. The Kier molecular flexibility index (Phi) is 7.56. The van der Waals surface area contributed by atoms with E-state index in [1.54, 1.807) is 65.6 Å². The Hall–Kier alpha value is -3.58. The number of rotatable bonds is 7. The molecule has 1 heterocycles. The van der Waals surface area contributed by atoms with Gasteiger partial charge in [0.05, 0.1) is 25.4 Å². The maximum absolute atomic E-state index is 13.9. The highest BCUT2D eigenvalue weighted by molar-refractivity contribution is 6.18. The van der Waals surface area contributed by atoms with E-state index in [0.717, 1.165) is 32.1 Å². The monoisotopic (exact) mass is 475 g/mol. The molecule has 2 aromatic carbocycles. The topological polar surface area (TPSA) is 90.0 Å². The van der Waals surface area contributed by atoms with E-state index in [2.05, 4.69) is 0 Å². The zero-order chi connectivity index (χ0) is 24.9. The summed E-state index contributed by atoms with van der Waals surface area (Å²) in [7, 11) is 2.40. The van der Waals surface area contributed by atoms with Crippen LogP contribution in [0.3, 0.4) is 0 Å². The van der Waals surface area contributed by atoms with E-state index in [0.29, 0.717) is 11.1 Å². The van der Waals surface area contributed by atoms with E-state index in [-0.39, 0.29) is 28.8 Å². The molecule has 2 aliphatic rings. The number of benzene rings is 2. The van der Waals surface area contributed by atoms with E-state index >= 15 is 0 Å². The summed E-state index contributed by atoms with van der Waals surface area (Å²) in [4.78, 5) is 56.0. The molecule has 0 amide bonds. The SMILES string of the molecule is COC(=O)C1=C(C(=O)OC)[C@H](C(=O)c2ccccc2)N(C2CCCCC2)[C@H]1C(=O)c1ccccc1. The second-order valence-electron chi connectivity index (χ2n) is 8.82. The van der Waals surface area contributed by atoms with Gasteiger partial charge in [0.2, 0.25) is 0 Å². The van der Waals surface area contributed by atoms with Crippen molar-refractivity contribution in [3.63, 3.8) is 0 Å². The number of hydrogen-bond donors (Lipinski definition) is 0. The fourth-order valence-corrected chi connectivity index (χ4v) is 5.26. The van der Waals surface area contributed by atoms with Gasteiger partial charge in [0, 0.05) is 17.2 Å². The van der Waals surface area contributed by atoms with Crippen molar-refractivity contribution in [1.82, 2.24) is 4.90 Å². The van der Waals surface area contributed by atoms with Crippen LogP contribution in [0.15, 0.2) is 71.8 Å². The zero-order valence-electron chi connectivity index (χ0n) is 19.9.